The zero-order chi connectivity index (χ0) is 6.95. The molecule has 0 aromatic carbocycles. The van der Waals surface area contributed by atoms with E-state index in [1.165, 1.54) is 0 Å². The van der Waals surface area contributed by atoms with E-state index in [9.17, 15) is 0 Å². The predicted octanol–water partition coefficient (Wildman–Crippen LogP) is 0.354. The van der Waals surface area contributed by atoms with Gasteiger partial charge in [-0.3, -0.25) is 0 Å². The molecule has 0 aromatic heterocycles. The third kappa shape index (κ3) is 7.43. The first-order chi connectivity index (χ1) is 4.41. The Bertz CT molecular complexity index is 73.5. The van der Waals surface area contributed by atoms with Crippen molar-refractivity contribution in [2.45, 2.75) is 19.8 Å². The summed E-state index contributed by atoms with van der Waals surface area (Å²) in [5.74, 6) is 0. The van der Waals surface area contributed by atoms with E-state index in [1.807, 2.05) is 6.21 Å². The fourth-order valence-electron chi connectivity index (χ4n) is 0.373. The molecule has 2 N–H and O–H groups in total. The zero-order valence-electron chi connectivity index (χ0n) is 5.80. The molecule has 0 heterocycles. The first kappa shape index (κ1) is 8.43. The molecule has 0 spiro atoms. The van der Waals surface area contributed by atoms with Crippen LogP contribution in [0.5, 0.6) is 0 Å². The lowest BCUT2D eigenvalue weighted by atomic mass is 10.4. The van der Waals surface area contributed by atoms with Gasteiger partial charge in [-0.15, -0.1) is 0 Å². The summed E-state index contributed by atoms with van der Waals surface area (Å²) in [4.78, 5) is 0. The van der Waals surface area contributed by atoms with Crippen molar-refractivity contribution < 1.29 is 5.11 Å². The molecule has 0 atom stereocenters. The first-order valence-electron chi connectivity index (χ1n) is 3.27. The van der Waals surface area contributed by atoms with Gasteiger partial charge in [0.05, 0.1) is 13.2 Å². The fourth-order valence-corrected chi connectivity index (χ4v) is 0.373. The van der Waals surface area contributed by atoms with E-state index < -0.39 is 0 Å². The van der Waals surface area contributed by atoms with Gasteiger partial charge >= 0.3 is 0 Å². The summed E-state index contributed by atoms with van der Waals surface area (Å²) >= 11 is 0. The summed E-state index contributed by atoms with van der Waals surface area (Å²) in [5, 5.41) is 12.1. The van der Waals surface area contributed by atoms with Crippen LogP contribution in [0.1, 0.15) is 19.8 Å². The third-order valence-corrected chi connectivity index (χ3v) is 0.824. The van der Waals surface area contributed by atoms with Crippen LogP contribution in [0.3, 0.4) is 0 Å². The van der Waals surface area contributed by atoms with Crippen LogP contribution in [-0.2, 0) is 0 Å². The molecule has 9 heavy (non-hydrogen) atoms. The Morgan fingerprint density at radius 3 is 3.00 bits per heavy atom. The van der Waals surface area contributed by atoms with Gasteiger partial charge in [0.25, 0.3) is 0 Å². The zero-order valence-corrected chi connectivity index (χ0v) is 5.80. The van der Waals surface area contributed by atoms with E-state index in [0.717, 1.165) is 12.8 Å². The third-order valence-electron chi connectivity index (χ3n) is 0.824. The Morgan fingerprint density at radius 1 is 1.67 bits per heavy atom. The highest BCUT2D eigenvalue weighted by Gasteiger charge is 1.74. The number of aliphatic hydroxyl groups excluding tert-OH is 1. The maximum Gasteiger partial charge on any atom is 0.0620 e. The Kier molecular flexibility index (Phi) is 6.96. The van der Waals surface area contributed by atoms with Crippen LogP contribution in [0.4, 0.5) is 0 Å². The normalized spacial score (nSPS) is 10.4. The summed E-state index contributed by atoms with van der Waals surface area (Å²) in [5.41, 5.74) is 2.69. The Balaban J connectivity index is 2.86. The maximum absolute atomic E-state index is 8.29. The molecule has 0 aliphatic carbocycles. The van der Waals surface area contributed by atoms with Gasteiger partial charge in [0, 0.05) is 6.21 Å². The standard InChI is InChI=1S/C6H14N2O/c1-2-3-4-7-8-5-6-9/h4,8-9H,2-3,5-6H2,1H3/b7-4+. The topological polar surface area (TPSA) is 44.6 Å². The lowest BCUT2D eigenvalue weighted by Crippen LogP contribution is -2.10. The summed E-state index contributed by atoms with van der Waals surface area (Å²) in [6.45, 7) is 2.78. The van der Waals surface area contributed by atoms with E-state index in [2.05, 4.69) is 17.5 Å². The lowest BCUT2D eigenvalue weighted by Gasteiger charge is -1.92. The van der Waals surface area contributed by atoms with Crippen molar-refractivity contribution in [3.8, 4) is 0 Å². The van der Waals surface area contributed by atoms with Gasteiger partial charge in [0.15, 0.2) is 0 Å². The number of aliphatic hydroxyl groups is 1. The van der Waals surface area contributed by atoms with Crippen molar-refractivity contribution in [3.63, 3.8) is 0 Å². The van der Waals surface area contributed by atoms with Gasteiger partial charge in [-0.1, -0.05) is 13.3 Å². The van der Waals surface area contributed by atoms with Crippen LogP contribution < -0.4 is 5.43 Å². The van der Waals surface area contributed by atoms with Crippen LogP contribution in [0, 0.1) is 0 Å². The molecule has 0 aliphatic heterocycles. The average molecular weight is 130 g/mol. The van der Waals surface area contributed by atoms with Gasteiger partial charge in [-0.25, -0.2) is 0 Å². The van der Waals surface area contributed by atoms with Crippen LogP contribution in [0.15, 0.2) is 5.10 Å². The summed E-state index contributed by atoms with van der Waals surface area (Å²) in [7, 11) is 0. The number of hydrazone groups is 1. The van der Waals surface area contributed by atoms with E-state index in [1.54, 1.807) is 0 Å². The second kappa shape index (κ2) is 7.43. The highest BCUT2D eigenvalue weighted by atomic mass is 16.3. The number of hydrogen-bond acceptors (Lipinski definition) is 3. The van der Waals surface area contributed by atoms with Crippen LogP contribution in [0.25, 0.3) is 0 Å². The molecule has 54 valence electrons. The average Bonchev–Trinajstić information content (AvgIpc) is 1.89. The monoisotopic (exact) mass is 130 g/mol. The fraction of sp³-hybridized carbons (Fsp3) is 0.833. The molecule has 0 fully saturated rings. The highest BCUT2D eigenvalue weighted by molar-refractivity contribution is 5.56. The van der Waals surface area contributed by atoms with E-state index in [4.69, 9.17) is 5.11 Å². The minimum Gasteiger partial charge on any atom is -0.394 e. The molecule has 0 radical (unpaired) electrons. The van der Waals surface area contributed by atoms with Crippen LogP contribution in [0.2, 0.25) is 0 Å². The second-order valence-corrected chi connectivity index (χ2v) is 1.73. The molecule has 0 aromatic rings. The summed E-state index contributed by atoms with van der Waals surface area (Å²) < 4.78 is 0. The largest absolute Gasteiger partial charge is 0.394 e. The lowest BCUT2D eigenvalue weighted by molar-refractivity contribution is 0.293. The van der Waals surface area contributed by atoms with Crippen LogP contribution in [-0.4, -0.2) is 24.5 Å². The molecule has 0 aliphatic rings. The Morgan fingerprint density at radius 2 is 2.44 bits per heavy atom. The minimum absolute atomic E-state index is 0.142. The number of rotatable bonds is 5. The molecule has 0 bridgehead atoms. The van der Waals surface area contributed by atoms with Gasteiger partial charge in [-0.2, -0.15) is 5.10 Å². The van der Waals surface area contributed by atoms with Crippen molar-refractivity contribution in [3.05, 3.63) is 0 Å². The van der Waals surface area contributed by atoms with Gasteiger partial charge in [-0.05, 0) is 6.42 Å². The number of nitrogens with one attached hydrogen (secondary N) is 1. The summed E-state index contributed by atoms with van der Waals surface area (Å²) in [6.07, 6.45) is 3.93. The van der Waals surface area contributed by atoms with Crippen molar-refractivity contribution in [2.75, 3.05) is 13.2 Å². The molecular weight excluding hydrogens is 116 g/mol. The van der Waals surface area contributed by atoms with E-state index in [0.29, 0.717) is 6.54 Å². The minimum atomic E-state index is 0.142. The predicted molar refractivity (Wildman–Crippen MR) is 38.5 cm³/mol. The second-order valence-electron chi connectivity index (χ2n) is 1.73. The van der Waals surface area contributed by atoms with Crippen molar-refractivity contribution in [2.24, 2.45) is 5.10 Å². The molecule has 0 unspecified atom stereocenters. The molecule has 3 nitrogen and oxygen atoms in total. The summed E-state index contributed by atoms with van der Waals surface area (Å²) in [6, 6.07) is 0. The quantitative estimate of drug-likeness (QED) is 0.320. The van der Waals surface area contributed by atoms with Gasteiger partial charge < -0.3 is 10.5 Å². The molecule has 0 rings (SSSR count). The van der Waals surface area contributed by atoms with E-state index >= 15 is 0 Å². The Labute approximate surface area is 55.8 Å². The van der Waals surface area contributed by atoms with Crippen LogP contribution >= 0.6 is 0 Å². The number of nitrogens with zero attached hydrogens (tertiary/aromatic N) is 1. The van der Waals surface area contributed by atoms with Crippen molar-refractivity contribution >= 4 is 6.21 Å². The molecular formula is C6H14N2O. The first-order valence-corrected chi connectivity index (χ1v) is 3.27. The highest BCUT2D eigenvalue weighted by Crippen LogP contribution is 1.78. The molecule has 0 amide bonds. The van der Waals surface area contributed by atoms with Crippen molar-refractivity contribution in [1.82, 2.24) is 5.43 Å². The smallest absolute Gasteiger partial charge is 0.0620 e. The molecule has 0 saturated carbocycles. The maximum atomic E-state index is 8.29. The molecule has 3 heteroatoms. The molecule has 0 saturated heterocycles. The van der Waals surface area contributed by atoms with Gasteiger partial charge in [0.2, 0.25) is 0 Å². The van der Waals surface area contributed by atoms with Gasteiger partial charge in [0.1, 0.15) is 0 Å². The van der Waals surface area contributed by atoms with Crippen molar-refractivity contribution in [1.29, 1.82) is 0 Å². The number of hydrogen-bond donors (Lipinski definition) is 2. The van der Waals surface area contributed by atoms with E-state index in [-0.39, 0.29) is 6.61 Å². The number of unbranched alkanes of at least 4 members (excludes halogenated alkanes) is 1. The Hall–Kier alpha value is -0.570. The SMILES string of the molecule is CCC/C=N/NCCO.